The lowest BCUT2D eigenvalue weighted by Gasteiger charge is -2.31. The summed E-state index contributed by atoms with van der Waals surface area (Å²) in [5.74, 6) is 7.60. The maximum Gasteiger partial charge on any atom is 0.303 e. The van der Waals surface area contributed by atoms with Crippen molar-refractivity contribution in [3.8, 4) is 11.8 Å². The predicted molar refractivity (Wildman–Crippen MR) is 142 cm³/mol. The molecular formula is C30H50O2. The molecule has 0 aromatic heterocycles. The van der Waals surface area contributed by atoms with Gasteiger partial charge in [-0.2, -0.15) is 0 Å². The molecule has 2 nitrogen and oxygen atoms in total. The van der Waals surface area contributed by atoms with E-state index in [0.717, 1.165) is 12.0 Å². The highest BCUT2D eigenvalue weighted by Crippen LogP contribution is 2.38. The Morgan fingerprint density at radius 3 is 2.28 bits per heavy atom. The van der Waals surface area contributed by atoms with E-state index < -0.39 is 0 Å². The van der Waals surface area contributed by atoms with E-state index in [1.54, 1.807) is 0 Å². The SMILES string of the molecule is C=C(C#CCC1CCC=CCC1(C)C)/C=C\C=C(\C)C(C)C.CC.CC(=O)OC(C)(C)C. The zero-order valence-corrected chi connectivity index (χ0v) is 22.9. The number of allylic oxidation sites excluding steroid dienone is 7. The lowest BCUT2D eigenvalue weighted by Crippen LogP contribution is -2.22. The minimum atomic E-state index is -0.328. The van der Waals surface area contributed by atoms with Crippen LogP contribution in [0.15, 0.2) is 48.1 Å². The van der Waals surface area contributed by atoms with Crippen LogP contribution in [0.4, 0.5) is 0 Å². The van der Waals surface area contributed by atoms with Crippen LogP contribution in [-0.4, -0.2) is 11.6 Å². The van der Waals surface area contributed by atoms with Crippen molar-refractivity contribution in [1.29, 1.82) is 0 Å². The molecule has 1 aliphatic rings. The van der Waals surface area contributed by atoms with Crippen molar-refractivity contribution >= 4 is 5.97 Å². The zero-order chi connectivity index (χ0) is 25.4. The van der Waals surface area contributed by atoms with Gasteiger partial charge in [-0.25, -0.2) is 0 Å². The van der Waals surface area contributed by atoms with Crippen molar-refractivity contribution < 1.29 is 9.53 Å². The number of hydrogen-bond acceptors (Lipinski definition) is 2. The molecular weight excluding hydrogens is 392 g/mol. The number of rotatable bonds is 4. The van der Waals surface area contributed by atoms with Crippen molar-refractivity contribution in [1.82, 2.24) is 0 Å². The summed E-state index contributed by atoms with van der Waals surface area (Å²) >= 11 is 0. The van der Waals surface area contributed by atoms with Crippen molar-refractivity contribution in [2.75, 3.05) is 0 Å². The molecule has 0 fully saturated rings. The molecule has 1 rings (SSSR count). The van der Waals surface area contributed by atoms with E-state index in [1.165, 1.54) is 31.8 Å². The van der Waals surface area contributed by atoms with Gasteiger partial charge in [0.25, 0.3) is 0 Å². The minimum Gasteiger partial charge on any atom is -0.460 e. The summed E-state index contributed by atoms with van der Waals surface area (Å²) in [5.41, 5.74) is 2.31. The Morgan fingerprint density at radius 1 is 1.22 bits per heavy atom. The van der Waals surface area contributed by atoms with Gasteiger partial charge in [0.05, 0.1) is 0 Å². The molecule has 1 aliphatic carbocycles. The third kappa shape index (κ3) is 17.6. The predicted octanol–water partition coefficient (Wildman–Crippen LogP) is 8.85. The van der Waals surface area contributed by atoms with Crippen LogP contribution < -0.4 is 0 Å². The topological polar surface area (TPSA) is 26.3 Å². The average molecular weight is 443 g/mol. The van der Waals surface area contributed by atoms with Gasteiger partial charge in [0.1, 0.15) is 5.60 Å². The van der Waals surface area contributed by atoms with Crippen molar-refractivity contribution in [3.05, 3.63) is 48.1 Å². The molecule has 0 aromatic rings. The second-order valence-electron chi connectivity index (χ2n) is 10.1. The summed E-state index contributed by atoms with van der Waals surface area (Å²) < 4.78 is 4.80. The van der Waals surface area contributed by atoms with E-state index in [2.05, 4.69) is 77.3 Å². The zero-order valence-electron chi connectivity index (χ0n) is 22.9. The first-order valence-electron chi connectivity index (χ1n) is 12.1. The lowest BCUT2D eigenvalue weighted by molar-refractivity contribution is -0.151. The Morgan fingerprint density at radius 2 is 1.81 bits per heavy atom. The van der Waals surface area contributed by atoms with Gasteiger partial charge in [-0.1, -0.05) is 89.8 Å². The average Bonchev–Trinajstić information content (AvgIpc) is 2.82. The van der Waals surface area contributed by atoms with Crippen LogP contribution in [0.3, 0.4) is 0 Å². The van der Waals surface area contributed by atoms with E-state index >= 15 is 0 Å². The van der Waals surface area contributed by atoms with Crippen molar-refractivity contribution in [2.24, 2.45) is 17.3 Å². The van der Waals surface area contributed by atoms with Crippen molar-refractivity contribution in [2.45, 2.75) is 107 Å². The molecule has 0 saturated carbocycles. The van der Waals surface area contributed by atoms with Crippen LogP contribution in [0.2, 0.25) is 0 Å². The van der Waals surface area contributed by atoms with Gasteiger partial charge in [-0.05, 0) is 70.3 Å². The summed E-state index contributed by atoms with van der Waals surface area (Å²) in [6.45, 7) is 26.3. The molecule has 0 radical (unpaired) electrons. The van der Waals surface area contributed by atoms with E-state index in [0.29, 0.717) is 17.3 Å². The van der Waals surface area contributed by atoms with Gasteiger partial charge in [0.15, 0.2) is 0 Å². The first kappa shape index (κ1) is 32.2. The molecule has 0 amide bonds. The molecule has 1 atom stereocenters. The van der Waals surface area contributed by atoms with Gasteiger partial charge in [0.2, 0.25) is 0 Å². The molecule has 0 bridgehead atoms. The van der Waals surface area contributed by atoms with Gasteiger partial charge >= 0.3 is 5.97 Å². The molecule has 0 aromatic carbocycles. The van der Waals surface area contributed by atoms with E-state index in [4.69, 9.17) is 4.74 Å². The minimum absolute atomic E-state index is 0.225. The van der Waals surface area contributed by atoms with Gasteiger partial charge < -0.3 is 4.74 Å². The summed E-state index contributed by atoms with van der Waals surface area (Å²) in [5, 5.41) is 0. The third-order valence-corrected chi connectivity index (χ3v) is 5.21. The smallest absolute Gasteiger partial charge is 0.303 e. The fourth-order valence-electron chi connectivity index (χ4n) is 3.01. The number of carbonyl (C=O) groups excluding carboxylic acids is 1. The summed E-state index contributed by atoms with van der Waals surface area (Å²) in [6.07, 6.45) is 15.5. The van der Waals surface area contributed by atoms with Gasteiger partial charge in [0, 0.05) is 18.9 Å². The standard InChI is InChI=1S/C22H32.C6H12O2.C2H6/c1-18(2)20(4)14-10-12-19(3)13-11-16-21-15-8-7-9-17-22(21,5)6;1-5(7)8-6(2,3)4;1-2/h7,9-10,12,14,18,21H,3,8,15-17H2,1-2,4-6H3;1-4H3;1-2H3/b12-10-,20-14-;;. The maximum atomic E-state index is 10.2. The number of carbonyl (C=O) groups is 1. The second kappa shape index (κ2) is 16.6. The number of ether oxygens (including phenoxy) is 1. The molecule has 0 heterocycles. The monoisotopic (exact) mass is 442 g/mol. The van der Waals surface area contributed by atoms with Gasteiger partial charge in [-0.15, -0.1) is 0 Å². The molecule has 1 unspecified atom stereocenters. The molecule has 32 heavy (non-hydrogen) atoms. The number of hydrogen-bond donors (Lipinski definition) is 0. The first-order chi connectivity index (χ1) is 14.7. The van der Waals surface area contributed by atoms with Crippen LogP contribution in [0.5, 0.6) is 0 Å². The van der Waals surface area contributed by atoms with E-state index in [9.17, 15) is 4.79 Å². The Hall–Kier alpha value is -2.01. The molecule has 0 saturated heterocycles. The molecule has 2 heteroatoms. The lowest BCUT2D eigenvalue weighted by atomic mass is 9.74. The third-order valence-electron chi connectivity index (χ3n) is 5.21. The molecule has 182 valence electrons. The van der Waals surface area contributed by atoms with Crippen LogP contribution in [0.25, 0.3) is 0 Å². The Balaban J connectivity index is 0. The first-order valence-corrected chi connectivity index (χ1v) is 12.1. The highest BCUT2D eigenvalue weighted by atomic mass is 16.6. The van der Waals surface area contributed by atoms with Gasteiger partial charge in [-0.3, -0.25) is 4.79 Å². The van der Waals surface area contributed by atoms with Crippen LogP contribution in [0, 0.1) is 29.1 Å². The maximum absolute atomic E-state index is 10.2. The quantitative estimate of drug-likeness (QED) is 0.188. The van der Waals surface area contributed by atoms with E-state index in [-0.39, 0.29) is 11.6 Å². The van der Waals surface area contributed by atoms with E-state index in [1.807, 2.05) is 40.7 Å². The fourth-order valence-corrected chi connectivity index (χ4v) is 3.01. The summed E-state index contributed by atoms with van der Waals surface area (Å²) in [6, 6.07) is 0. The molecule has 0 spiro atoms. The normalized spacial score (nSPS) is 17.8. The number of esters is 1. The fraction of sp³-hybridized carbons (Fsp3) is 0.633. The molecule has 0 N–H and O–H groups in total. The highest BCUT2D eigenvalue weighted by molar-refractivity contribution is 5.66. The van der Waals surface area contributed by atoms with Crippen LogP contribution in [-0.2, 0) is 9.53 Å². The van der Waals surface area contributed by atoms with Crippen LogP contribution in [0.1, 0.15) is 102 Å². The van der Waals surface area contributed by atoms with Crippen molar-refractivity contribution in [3.63, 3.8) is 0 Å². The highest BCUT2D eigenvalue weighted by Gasteiger charge is 2.28. The van der Waals surface area contributed by atoms with Crippen LogP contribution >= 0.6 is 0 Å². The Labute approximate surface area is 200 Å². The molecule has 0 aliphatic heterocycles. The summed E-state index contributed by atoms with van der Waals surface area (Å²) in [7, 11) is 0. The summed E-state index contributed by atoms with van der Waals surface area (Å²) in [4.78, 5) is 10.2. The Bertz CT molecular complexity index is 697. The second-order valence-corrected chi connectivity index (χ2v) is 10.1. The Kier molecular flexibility index (Phi) is 16.7. The largest absolute Gasteiger partial charge is 0.460 e.